The minimum atomic E-state index is -0.855. The van der Waals surface area contributed by atoms with Gasteiger partial charge in [0.05, 0.1) is 5.56 Å². The van der Waals surface area contributed by atoms with Crippen molar-refractivity contribution in [2.24, 2.45) is 0 Å². The summed E-state index contributed by atoms with van der Waals surface area (Å²) < 4.78 is 10.5. The summed E-state index contributed by atoms with van der Waals surface area (Å²) in [6, 6.07) is 24.4. The van der Waals surface area contributed by atoms with Gasteiger partial charge in [0.25, 0.3) is 5.91 Å². The maximum atomic E-state index is 12.9. The van der Waals surface area contributed by atoms with E-state index in [0.717, 1.165) is 30.8 Å². The van der Waals surface area contributed by atoms with Gasteiger partial charge in [-0.15, -0.1) is 0 Å². The second kappa shape index (κ2) is 11.6. The number of carbonyl (C=O) groups is 3. The summed E-state index contributed by atoms with van der Waals surface area (Å²) in [5.41, 5.74) is 3.45. The van der Waals surface area contributed by atoms with Gasteiger partial charge in [0.1, 0.15) is 5.75 Å². The zero-order valence-corrected chi connectivity index (χ0v) is 20.6. The molecule has 0 N–H and O–H groups in total. The summed E-state index contributed by atoms with van der Waals surface area (Å²) in [6.45, 7) is 6.62. The van der Waals surface area contributed by atoms with Gasteiger partial charge < -0.3 is 14.4 Å². The molecule has 0 spiro atoms. The number of amides is 1. The minimum Gasteiger partial charge on any atom is -0.449 e. The van der Waals surface area contributed by atoms with E-state index in [0.29, 0.717) is 24.4 Å². The van der Waals surface area contributed by atoms with E-state index in [9.17, 15) is 14.4 Å². The molecule has 0 aliphatic carbocycles. The maximum Gasteiger partial charge on any atom is 0.338 e. The van der Waals surface area contributed by atoms with Crippen molar-refractivity contribution < 1.29 is 23.9 Å². The number of carbonyl (C=O) groups excluding carboxylic acids is 3. The average molecular weight is 487 g/mol. The first kappa shape index (κ1) is 25.1. The number of piperazine rings is 1. The summed E-state index contributed by atoms with van der Waals surface area (Å²) in [4.78, 5) is 40.7. The number of benzene rings is 3. The highest BCUT2D eigenvalue weighted by atomic mass is 16.5. The smallest absolute Gasteiger partial charge is 0.338 e. The fraction of sp³-hybridized carbons (Fsp3) is 0.276. The lowest BCUT2D eigenvalue weighted by Crippen LogP contribution is -2.51. The molecule has 0 bridgehead atoms. The van der Waals surface area contributed by atoms with Gasteiger partial charge in [0, 0.05) is 39.6 Å². The Morgan fingerprint density at radius 2 is 1.39 bits per heavy atom. The van der Waals surface area contributed by atoms with Crippen molar-refractivity contribution in [3.05, 3.63) is 90.0 Å². The van der Waals surface area contributed by atoms with E-state index < -0.39 is 12.1 Å². The number of hydrogen-bond acceptors (Lipinski definition) is 6. The van der Waals surface area contributed by atoms with Gasteiger partial charge in [-0.05, 0) is 47.9 Å². The zero-order valence-electron chi connectivity index (χ0n) is 20.6. The molecule has 36 heavy (non-hydrogen) atoms. The molecule has 4 rings (SSSR count). The first-order valence-corrected chi connectivity index (χ1v) is 12.0. The Morgan fingerprint density at radius 3 is 1.97 bits per heavy atom. The highest BCUT2D eigenvalue weighted by Gasteiger charge is 2.27. The third-order valence-corrected chi connectivity index (χ3v) is 6.13. The molecule has 1 saturated heterocycles. The first-order chi connectivity index (χ1) is 17.4. The number of hydrogen-bond donors (Lipinski definition) is 0. The third kappa shape index (κ3) is 6.58. The van der Waals surface area contributed by atoms with Crippen LogP contribution in [0.15, 0.2) is 78.9 Å². The van der Waals surface area contributed by atoms with Crippen molar-refractivity contribution >= 4 is 17.8 Å². The molecule has 3 aromatic rings. The van der Waals surface area contributed by atoms with Crippen molar-refractivity contribution in [2.75, 3.05) is 26.2 Å². The van der Waals surface area contributed by atoms with E-state index in [-0.39, 0.29) is 11.9 Å². The molecule has 1 fully saturated rings. The monoisotopic (exact) mass is 486 g/mol. The molecular formula is C29H30N2O5. The Balaban J connectivity index is 1.27. The molecule has 7 nitrogen and oxygen atoms in total. The van der Waals surface area contributed by atoms with E-state index in [4.69, 9.17) is 9.47 Å². The van der Waals surface area contributed by atoms with Crippen LogP contribution in [0.4, 0.5) is 0 Å². The quantitative estimate of drug-likeness (QED) is 0.369. The highest BCUT2D eigenvalue weighted by molar-refractivity contribution is 5.92. The van der Waals surface area contributed by atoms with Crippen LogP contribution in [-0.4, -0.2) is 59.9 Å². The van der Waals surface area contributed by atoms with Gasteiger partial charge >= 0.3 is 11.9 Å². The predicted octanol–water partition coefficient (Wildman–Crippen LogP) is 4.17. The number of rotatable bonds is 7. The number of ether oxygens (including phenoxy) is 2. The molecule has 1 aliphatic rings. The second-order valence-corrected chi connectivity index (χ2v) is 8.83. The molecule has 0 aromatic heterocycles. The highest BCUT2D eigenvalue weighted by Crippen LogP contribution is 2.23. The molecule has 0 saturated carbocycles. The summed E-state index contributed by atoms with van der Waals surface area (Å²) in [7, 11) is 0. The Bertz CT molecular complexity index is 1180. The molecule has 1 unspecified atom stereocenters. The van der Waals surface area contributed by atoms with Crippen LogP contribution >= 0.6 is 0 Å². The van der Waals surface area contributed by atoms with Crippen LogP contribution in [-0.2, 0) is 20.9 Å². The van der Waals surface area contributed by atoms with Crippen LogP contribution < -0.4 is 4.74 Å². The second-order valence-electron chi connectivity index (χ2n) is 8.83. The fourth-order valence-electron chi connectivity index (χ4n) is 4.18. The lowest BCUT2D eigenvalue weighted by Gasteiger charge is -2.35. The first-order valence-electron chi connectivity index (χ1n) is 12.0. The Morgan fingerprint density at radius 1 is 0.806 bits per heavy atom. The van der Waals surface area contributed by atoms with E-state index >= 15 is 0 Å². The minimum absolute atomic E-state index is 0.174. The number of esters is 2. The molecule has 1 heterocycles. The Kier molecular flexibility index (Phi) is 8.13. The van der Waals surface area contributed by atoms with Crippen LogP contribution in [0.25, 0.3) is 11.1 Å². The van der Waals surface area contributed by atoms with Crippen LogP contribution in [0, 0.1) is 0 Å². The van der Waals surface area contributed by atoms with Gasteiger partial charge in [-0.2, -0.15) is 0 Å². The molecule has 7 heteroatoms. The van der Waals surface area contributed by atoms with E-state index in [1.54, 1.807) is 36.1 Å². The Hall–Kier alpha value is -3.97. The van der Waals surface area contributed by atoms with E-state index in [1.165, 1.54) is 12.5 Å². The molecule has 1 aliphatic heterocycles. The van der Waals surface area contributed by atoms with Gasteiger partial charge in [-0.3, -0.25) is 14.5 Å². The molecular weight excluding hydrogens is 456 g/mol. The topological polar surface area (TPSA) is 76.2 Å². The standard InChI is InChI=1S/C29H30N2O5/c1-21(28(33)31-18-16-30(17-19-31)20-23-6-4-3-5-7-23)35-29(34)26-10-8-24(9-11-26)25-12-14-27(15-13-25)36-22(2)32/h3-15,21H,16-20H2,1-2H3. The SMILES string of the molecule is CC(=O)Oc1ccc(-c2ccc(C(=O)OC(C)C(=O)N3CCN(Cc4ccccc4)CC3)cc2)cc1. The molecule has 1 amide bonds. The van der Waals surface area contributed by atoms with Crippen molar-refractivity contribution in [1.29, 1.82) is 0 Å². The van der Waals surface area contributed by atoms with Crippen LogP contribution in [0.5, 0.6) is 5.75 Å². The maximum absolute atomic E-state index is 12.9. The largest absolute Gasteiger partial charge is 0.449 e. The molecule has 186 valence electrons. The van der Waals surface area contributed by atoms with Crippen molar-refractivity contribution in [3.8, 4) is 16.9 Å². The van der Waals surface area contributed by atoms with Gasteiger partial charge in [0.2, 0.25) is 0 Å². The molecule has 0 radical (unpaired) electrons. The molecule has 3 aromatic carbocycles. The van der Waals surface area contributed by atoms with Crippen LogP contribution in [0.1, 0.15) is 29.8 Å². The van der Waals surface area contributed by atoms with Crippen molar-refractivity contribution in [2.45, 2.75) is 26.5 Å². The lowest BCUT2D eigenvalue weighted by atomic mass is 10.0. The summed E-state index contributed by atoms with van der Waals surface area (Å²) in [5, 5.41) is 0. The van der Waals surface area contributed by atoms with Crippen LogP contribution in [0.2, 0.25) is 0 Å². The van der Waals surface area contributed by atoms with Crippen molar-refractivity contribution in [1.82, 2.24) is 9.80 Å². The van der Waals surface area contributed by atoms with Gasteiger partial charge in [-0.1, -0.05) is 54.6 Å². The van der Waals surface area contributed by atoms with Gasteiger partial charge in [0.15, 0.2) is 6.10 Å². The van der Waals surface area contributed by atoms with Crippen LogP contribution in [0.3, 0.4) is 0 Å². The summed E-state index contributed by atoms with van der Waals surface area (Å²) >= 11 is 0. The zero-order chi connectivity index (χ0) is 25.5. The average Bonchev–Trinajstić information content (AvgIpc) is 2.89. The Labute approximate surface area is 211 Å². The summed E-state index contributed by atoms with van der Waals surface area (Å²) in [5.74, 6) is -0.603. The summed E-state index contributed by atoms with van der Waals surface area (Å²) in [6.07, 6.45) is -0.855. The van der Waals surface area contributed by atoms with E-state index in [1.807, 2.05) is 42.5 Å². The van der Waals surface area contributed by atoms with Crippen molar-refractivity contribution in [3.63, 3.8) is 0 Å². The predicted molar refractivity (Wildman–Crippen MR) is 136 cm³/mol. The lowest BCUT2D eigenvalue weighted by molar-refractivity contribution is -0.141. The molecule has 1 atom stereocenters. The van der Waals surface area contributed by atoms with E-state index in [2.05, 4.69) is 17.0 Å². The van der Waals surface area contributed by atoms with Gasteiger partial charge in [-0.25, -0.2) is 4.79 Å². The number of nitrogens with zero attached hydrogens (tertiary/aromatic N) is 2. The fourth-order valence-corrected chi connectivity index (χ4v) is 4.18. The third-order valence-electron chi connectivity index (χ3n) is 6.13. The normalized spacial score (nSPS) is 14.7.